The Kier molecular flexibility index (Phi) is 3.81. The van der Waals surface area contributed by atoms with E-state index in [1.54, 1.807) is 12.3 Å². The molecule has 0 radical (unpaired) electrons. The molecule has 0 aliphatic carbocycles. The summed E-state index contributed by atoms with van der Waals surface area (Å²) in [5.41, 5.74) is 7.17. The molecule has 0 saturated carbocycles. The molecule has 0 spiro atoms. The van der Waals surface area contributed by atoms with E-state index in [2.05, 4.69) is 4.98 Å². The lowest BCUT2D eigenvalue weighted by molar-refractivity contribution is 0.997. The van der Waals surface area contributed by atoms with E-state index in [1.165, 1.54) is 4.57 Å². The average molecular weight is 353 g/mol. The maximum Gasteiger partial charge on any atom is 0.273 e. The topological polar surface area (TPSA) is 60.9 Å². The van der Waals surface area contributed by atoms with Gasteiger partial charge in [-0.05, 0) is 29.5 Å². The number of allylic oxidation sites excluding steroid dienone is 1. The van der Waals surface area contributed by atoms with Gasteiger partial charge in [0.1, 0.15) is 3.57 Å². The molecule has 0 saturated heterocycles. The number of nitrogen functional groups attached to an aromatic ring is 1. The Balaban J connectivity index is 2.70. The fraction of sp³-hybridized carbons (Fsp3) is 0.0769. The summed E-state index contributed by atoms with van der Waals surface area (Å²) < 4.78 is 1.90. The highest BCUT2D eigenvalue weighted by atomic mass is 127. The van der Waals surface area contributed by atoms with Crippen molar-refractivity contribution in [3.05, 3.63) is 50.3 Å². The van der Waals surface area contributed by atoms with Gasteiger partial charge >= 0.3 is 0 Å². The fourth-order valence-electron chi connectivity index (χ4n) is 1.61. The Morgan fingerprint density at radius 2 is 2.00 bits per heavy atom. The van der Waals surface area contributed by atoms with Crippen molar-refractivity contribution < 1.29 is 0 Å². The number of aromatic nitrogens is 2. The van der Waals surface area contributed by atoms with Crippen LogP contribution in [-0.4, -0.2) is 9.55 Å². The van der Waals surface area contributed by atoms with Crippen LogP contribution in [0.15, 0.2) is 41.2 Å². The molecular formula is C13H12IN3O. The van der Waals surface area contributed by atoms with E-state index < -0.39 is 0 Å². The van der Waals surface area contributed by atoms with Gasteiger partial charge in [0.15, 0.2) is 0 Å². The number of halogens is 1. The van der Waals surface area contributed by atoms with Gasteiger partial charge in [-0.3, -0.25) is 9.36 Å². The number of rotatable bonds is 2. The third-order valence-electron chi connectivity index (χ3n) is 2.43. The quantitative estimate of drug-likeness (QED) is 0.845. The van der Waals surface area contributed by atoms with Gasteiger partial charge in [-0.2, -0.15) is 0 Å². The van der Waals surface area contributed by atoms with Crippen LogP contribution in [0.4, 0.5) is 5.95 Å². The standard InChI is InChI=1S/C13H12IN3O/c1-2-8-17-12(18)10(14)11(16-13(17)15)9-6-4-3-5-7-9/h2-8H,1H3,(H2,15,16). The predicted octanol–water partition coefficient (Wildman–Crippen LogP) is 2.59. The van der Waals surface area contributed by atoms with E-state index in [0.717, 1.165) is 5.56 Å². The second-order valence-corrected chi connectivity index (χ2v) is 4.73. The van der Waals surface area contributed by atoms with Gasteiger partial charge in [-0.15, -0.1) is 0 Å². The summed E-state index contributed by atoms with van der Waals surface area (Å²) in [5, 5.41) is 0. The molecule has 1 aromatic heterocycles. The molecule has 0 amide bonds. The molecule has 0 aliphatic heterocycles. The van der Waals surface area contributed by atoms with Gasteiger partial charge in [-0.25, -0.2) is 4.98 Å². The van der Waals surface area contributed by atoms with Crippen LogP contribution in [0.1, 0.15) is 6.92 Å². The Morgan fingerprint density at radius 3 is 2.61 bits per heavy atom. The van der Waals surface area contributed by atoms with E-state index in [-0.39, 0.29) is 11.5 Å². The zero-order valence-electron chi connectivity index (χ0n) is 9.80. The van der Waals surface area contributed by atoms with E-state index in [0.29, 0.717) is 9.26 Å². The van der Waals surface area contributed by atoms with Crippen molar-refractivity contribution in [2.75, 3.05) is 5.73 Å². The van der Waals surface area contributed by atoms with Crippen LogP contribution >= 0.6 is 22.6 Å². The van der Waals surface area contributed by atoms with Crippen molar-refractivity contribution in [3.63, 3.8) is 0 Å². The Labute approximate surface area is 118 Å². The number of nitrogens with zero attached hydrogens (tertiary/aromatic N) is 2. The summed E-state index contributed by atoms with van der Waals surface area (Å²) >= 11 is 2.01. The van der Waals surface area contributed by atoms with Gasteiger partial charge in [0.2, 0.25) is 5.95 Å². The van der Waals surface area contributed by atoms with E-state index >= 15 is 0 Å². The normalized spacial score (nSPS) is 11.0. The highest BCUT2D eigenvalue weighted by Crippen LogP contribution is 2.21. The van der Waals surface area contributed by atoms with Crippen LogP contribution in [0.5, 0.6) is 0 Å². The van der Waals surface area contributed by atoms with E-state index in [4.69, 9.17) is 5.73 Å². The first-order chi connectivity index (χ1) is 8.65. The number of benzene rings is 1. The zero-order valence-corrected chi connectivity index (χ0v) is 12.0. The minimum atomic E-state index is -0.153. The van der Waals surface area contributed by atoms with Crippen LogP contribution in [-0.2, 0) is 0 Å². The number of hydrogen-bond donors (Lipinski definition) is 1. The van der Waals surface area contributed by atoms with Crippen molar-refractivity contribution in [3.8, 4) is 11.3 Å². The van der Waals surface area contributed by atoms with Crippen LogP contribution in [0.25, 0.3) is 17.5 Å². The molecule has 2 N–H and O–H groups in total. The van der Waals surface area contributed by atoms with Gasteiger partial charge < -0.3 is 5.73 Å². The molecule has 0 aliphatic rings. The molecule has 2 rings (SSSR count). The van der Waals surface area contributed by atoms with Crippen molar-refractivity contribution >= 4 is 34.7 Å². The third kappa shape index (κ3) is 2.31. The summed E-state index contributed by atoms with van der Waals surface area (Å²) in [7, 11) is 0. The van der Waals surface area contributed by atoms with Crippen LogP contribution in [0.2, 0.25) is 0 Å². The maximum absolute atomic E-state index is 12.2. The third-order valence-corrected chi connectivity index (χ3v) is 3.41. The smallest absolute Gasteiger partial charge is 0.273 e. The minimum absolute atomic E-state index is 0.153. The lowest BCUT2D eigenvalue weighted by Crippen LogP contribution is -2.23. The van der Waals surface area contributed by atoms with Crippen LogP contribution in [0.3, 0.4) is 0 Å². The molecule has 0 bridgehead atoms. The summed E-state index contributed by atoms with van der Waals surface area (Å²) in [6, 6.07) is 9.54. The Hall–Kier alpha value is -1.63. The van der Waals surface area contributed by atoms with Gasteiger partial charge in [-0.1, -0.05) is 36.4 Å². The summed E-state index contributed by atoms with van der Waals surface area (Å²) in [6.45, 7) is 1.82. The maximum atomic E-state index is 12.2. The molecule has 1 aromatic carbocycles. The highest BCUT2D eigenvalue weighted by Gasteiger charge is 2.12. The molecule has 92 valence electrons. The highest BCUT2D eigenvalue weighted by molar-refractivity contribution is 14.1. The lowest BCUT2D eigenvalue weighted by atomic mass is 10.1. The number of hydrogen-bond acceptors (Lipinski definition) is 3. The van der Waals surface area contributed by atoms with E-state index in [1.807, 2.05) is 59.8 Å². The first-order valence-electron chi connectivity index (χ1n) is 5.41. The summed E-state index contributed by atoms with van der Waals surface area (Å²) in [5.74, 6) is 0.192. The fourth-order valence-corrected chi connectivity index (χ4v) is 2.30. The molecule has 18 heavy (non-hydrogen) atoms. The zero-order chi connectivity index (χ0) is 13.1. The van der Waals surface area contributed by atoms with Gasteiger partial charge in [0.25, 0.3) is 5.56 Å². The first-order valence-corrected chi connectivity index (χ1v) is 6.48. The molecule has 1 heterocycles. The second-order valence-electron chi connectivity index (χ2n) is 3.66. The molecule has 0 fully saturated rings. The molecule has 5 heteroatoms. The van der Waals surface area contributed by atoms with Gasteiger partial charge in [0, 0.05) is 11.8 Å². The molecule has 2 aromatic rings. The predicted molar refractivity (Wildman–Crippen MR) is 82.1 cm³/mol. The summed E-state index contributed by atoms with van der Waals surface area (Å²) in [6.07, 6.45) is 3.36. The van der Waals surface area contributed by atoms with Crippen molar-refractivity contribution in [1.82, 2.24) is 9.55 Å². The SMILES string of the molecule is CC=Cn1c(N)nc(-c2ccccc2)c(I)c1=O. The van der Waals surface area contributed by atoms with Gasteiger partial charge in [0.05, 0.1) is 5.69 Å². The van der Waals surface area contributed by atoms with Crippen LogP contribution in [0, 0.1) is 3.57 Å². The average Bonchev–Trinajstić information content (AvgIpc) is 2.40. The number of nitrogens with two attached hydrogens (primary N) is 1. The van der Waals surface area contributed by atoms with Crippen molar-refractivity contribution in [2.24, 2.45) is 0 Å². The summed E-state index contributed by atoms with van der Waals surface area (Å²) in [4.78, 5) is 16.5. The van der Waals surface area contributed by atoms with E-state index in [9.17, 15) is 4.79 Å². The van der Waals surface area contributed by atoms with Crippen molar-refractivity contribution in [2.45, 2.75) is 6.92 Å². The molecule has 4 nitrogen and oxygen atoms in total. The molecule has 0 atom stereocenters. The lowest BCUT2D eigenvalue weighted by Gasteiger charge is -2.08. The molecular weight excluding hydrogens is 341 g/mol. The Morgan fingerprint density at radius 1 is 1.33 bits per heavy atom. The largest absolute Gasteiger partial charge is 0.369 e. The minimum Gasteiger partial charge on any atom is -0.369 e. The number of anilines is 1. The second kappa shape index (κ2) is 5.34. The first kappa shape index (κ1) is 12.8. The molecule has 0 unspecified atom stereocenters. The Bertz CT molecular complexity index is 647. The van der Waals surface area contributed by atoms with Crippen LogP contribution < -0.4 is 11.3 Å². The van der Waals surface area contributed by atoms with Crippen molar-refractivity contribution in [1.29, 1.82) is 0 Å². The monoisotopic (exact) mass is 353 g/mol.